The summed E-state index contributed by atoms with van der Waals surface area (Å²) in [6.45, 7) is 5.87. The van der Waals surface area contributed by atoms with Gasteiger partial charge in [-0.05, 0) is 87.1 Å². The van der Waals surface area contributed by atoms with E-state index in [9.17, 15) is 9.59 Å². The number of anilines is 2. The Labute approximate surface area is 235 Å². The average molecular weight is 546 g/mol. The Morgan fingerprint density at radius 1 is 0.949 bits per heavy atom. The van der Waals surface area contributed by atoms with Crippen molar-refractivity contribution < 1.29 is 9.59 Å². The first kappa shape index (κ1) is 27.0. The van der Waals surface area contributed by atoms with Crippen molar-refractivity contribution in [3.05, 3.63) is 87.7 Å². The molecular weight excluding hydrogens is 510 g/mol. The maximum absolute atomic E-state index is 13.6. The van der Waals surface area contributed by atoms with Crippen LogP contribution in [0, 0.1) is 13.8 Å². The predicted molar refractivity (Wildman–Crippen MR) is 157 cm³/mol. The number of urea groups is 1. The molecule has 1 unspecified atom stereocenters. The van der Waals surface area contributed by atoms with Gasteiger partial charge in [-0.2, -0.15) is 0 Å². The Morgan fingerprint density at radius 2 is 1.64 bits per heavy atom. The Kier molecular flexibility index (Phi) is 7.80. The Morgan fingerprint density at radius 3 is 2.33 bits per heavy atom. The first-order valence-electron chi connectivity index (χ1n) is 13.6. The lowest BCUT2D eigenvalue weighted by Crippen LogP contribution is -2.45. The molecule has 1 atom stereocenters. The monoisotopic (exact) mass is 545 g/mol. The Balaban J connectivity index is 1.24. The van der Waals surface area contributed by atoms with E-state index in [0.717, 1.165) is 55.7 Å². The number of hydrogen-bond donors (Lipinski definition) is 1. The number of benzene rings is 2. The third-order valence-electron chi connectivity index (χ3n) is 8.11. The number of rotatable bonds is 5. The third-order valence-corrected chi connectivity index (χ3v) is 8.44. The number of piperidine rings is 1. The normalized spacial score (nSPS) is 17.1. The lowest BCUT2D eigenvalue weighted by molar-refractivity contribution is 0.0709. The molecule has 3 aromatic rings. The van der Waals surface area contributed by atoms with Gasteiger partial charge >= 0.3 is 6.03 Å². The number of nitrogens with one attached hydrogen (secondary N) is 1. The molecule has 39 heavy (non-hydrogen) atoms. The molecule has 0 bridgehead atoms. The molecule has 0 saturated carbocycles. The molecule has 1 aromatic heterocycles. The van der Waals surface area contributed by atoms with Crippen LogP contribution in [-0.2, 0) is 6.42 Å². The van der Waals surface area contributed by atoms with Crippen LogP contribution in [0.5, 0.6) is 0 Å². The fourth-order valence-electron chi connectivity index (χ4n) is 5.90. The molecule has 8 heteroatoms. The molecule has 2 heterocycles. The highest BCUT2D eigenvalue weighted by molar-refractivity contribution is 6.33. The molecule has 0 radical (unpaired) electrons. The van der Waals surface area contributed by atoms with E-state index >= 15 is 0 Å². The van der Waals surface area contributed by atoms with Gasteiger partial charge in [0.1, 0.15) is 0 Å². The average Bonchev–Trinajstić information content (AvgIpc) is 3.36. The molecule has 1 N–H and O–H groups in total. The number of carbonyl (C=O) groups is 2. The molecule has 7 nitrogen and oxygen atoms in total. The van der Waals surface area contributed by atoms with Gasteiger partial charge in [-0.15, -0.1) is 0 Å². The summed E-state index contributed by atoms with van der Waals surface area (Å²) in [7, 11) is 3.71. The van der Waals surface area contributed by atoms with Crippen LogP contribution in [0.3, 0.4) is 0 Å². The summed E-state index contributed by atoms with van der Waals surface area (Å²) in [5, 5.41) is 3.41. The van der Waals surface area contributed by atoms with Gasteiger partial charge in [0, 0.05) is 55.9 Å². The van der Waals surface area contributed by atoms with Crippen LogP contribution in [-0.4, -0.2) is 59.9 Å². The zero-order valence-corrected chi connectivity index (χ0v) is 23.8. The maximum Gasteiger partial charge on any atom is 0.322 e. The van der Waals surface area contributed by atoms with E-state index < -0.39 is 0 Å². The summed E-state index contributed by atoms with van der Waals surface area (Å²) in [5.74, 6) is 0.0284. The number of para-hydroxylation sites is 1. The summed E-state index contributed by atoms with van der Waals surface area (Å²) >= 11 is 6.23. The van der Waals surface area contributed by atoms with Gasteiger partial charge in [-0.25, -0.2) is 4.79 Å². The van der Waals surface area contributed by atoms with E-state index in [1.54, 1.807) is 24.1 Å². The van der Waals surface area contributed by atoms with Crippen LogP contribution in [0.1, 0.15) is 58.2 Å². The maximum atomic E-state index is 13.6. The Hall–Kier alpha value is -3.58. The first-order valence-corrected chi connectivity index (χ1v) is 14.0. The molecule has 204 valence electrons. The molecule has 1 aliphatic carbocycles. The van der Waals surface area contributed by atoms with Gasteiger partial charge in [-0.3, -0.25) is 9.78 Å². The third kappa shape index (κ3) is 5.74. The number of halogens is 1. The lowest BCUT2D eigenvalue weighted by atomic mass is 10.00. The van der Waals surface area contributed by atoms with Crippen LogP contribution < -0.4 is 10.2 Å². The fraction of sp³-hybridized carbons (Fsp3) is 0.387. The predicted octanol–water partition coefficient (Wildman–Crippen LogP) is 6.24. The number of fused-ring (bicyclic) bond motifs is 1. The highest BCUT2D eigenvalue weighted by Crippen LogP contribution is 2.36. The minimum atomic E-state index is -0.221. The smallest absolute Gasteiger partial charge is 0.322 e. The second-order valence-electron chi connectivity index (χ2n) is 10.7. The molecule has 1 saturated heterocycles. The summed E-state index contributed by atoms with van der Waals surface area (Å²) in [6.07, 6.45) is 3.53. The van der Waals surface area contributed by atoms with Crippen LogP contribution in [0.15, 0.2) is 54.6 Å². The van der Waals surface area contributed by atoms with Crippen molar-refractivity contribution in [1.82, 2.24) is 14.8 Å². The first-order chi connectivity index (χ1) is 18.7. The topological polar surface area (TPSA) is 68.8 Å². The van der Waals surface area contributed by atoms with Crippen molar-refractivity contribution in [2.75, 3.05) is 37.4 Å². The van der Waals surface area contributed by atoms with Gasteiger partial charge in [0.25, 0.3) is 5.91 Å². The van der Waals surface area contributed by atoms with Gasteiger partial charge < -0.3 is 20.0 Å². The number of aryl methyl sites for hydroxylation is 3. The van der Waals surface area contributed by atoms with E-state index in [1.165, 1.54) is 11.3 Å². The van der Waals surface area contributed by atoms with Crippen LogP contribution in [0.2, 0.25) is 5.02 Å². The quantitative estimate of drug-likeness (QED) is 0.412. The van der Waals surface area contributed by atoms with Gasteiger partial charge in [0.15, 0.2) is 0 Å². The zero-order chi connectivity index (χ0) is 27.7. The summed E-state index contributed by atoms with van der Waals surface area (Å²) < 4.78 is 0. The van der Waals surface area contributed by atoms with Crippen LogP contribution in [0.4, 0.5) is 16.2 Å². The van der Waals surface area contributed by atoms with Crippen molar-refractivity contribution in [3.63, 3.8) is 0 Å². The minimum Gasteiger partial charge on any atom is -0.371 e. The largest absolute Gasteiger partial charge is 0.371 e. The number of amides is 3. The number of carbonyl (C=O) groups excluding carboxylic acids is 2. The van der Waals surface area contributed by atoms with Gasteiger partial charge in [0.05, 0.1) is 16.8 Å². The lowest BCUT2D eigenvalue weighted by Gasteiger charge is -2.38. The number of aromatic nitrogens is 1. The van der Waals surface area contributed by atoms with Crippen LogP contribution in [0.25, 0.3) is 0 Å². The minimum absolute atomic E-state index is 0.0284. The summed E-state index contributed by atoms with van der Waals surface area (Å²) in [5.41, 5.74) is 6.76. The summed E-state index contributed by atoms with van der Waals surface area (Å²) in [6, 6.07) is 17.3. The van der Waals surface area contributed by atoms with Crippen molar-refractivity contribution in [1.29, 1.82) is 0 Å². The number of nitrogens with zero attached hydrogens (tertiary/aromatic N) is 4. The fourth-order valence-corrected chi connectivity index (χ4v) is 6.08. The number of pyridine rings is 1. The highest BCUT2D eigenvalue weighted by Gasteiger charge is 2.31. The molecule has 1 aliphatic heterocycles. The summed E-state index contributed by atoms with van der Waals surface area (Å²) in [4.78, 5) is 37.1. The van der Waals surface area contributed by atoms with E-state index in [4.69, 9.17) is 11.6 Å². The van der Waals surface area contributed by atoms with Gasteiger partial charge in [-0.1, -0.05) is 29.8 Å². The van der Waals surface area contributed by atoms with Gasteiger partial charge in [0.2, 0.25) is 0 Å². The number of hydrogen-bond acceptors (Lipinski definition) is 4. The highest BCUT2D eigenvalue weighted by atomic mass is 35.5. The second-order valence-corrected chi connectivity index (χ2v) is 11.1. The molecule has 5 rings (SSSR count). The Bertz CT molecular complexity index is 1360. The van der Waals surface area contributed by atoms with E-state index in [2.05, 4.69) is 27.3 Å². The standard InChI is InChI=1S/C31H36ClN5O2/c1-20-17-25(18-21(2)33-20)37-15-13-24(14-16-37)35(3)30(38)23-10-9-22-11-12-29(26(22)19-23)36(4)31(39)34-28-8-6-5-7-27(28)32/h5-10,17-19,24,29H,11-16H2,1-4H3,(H,34,39). The molecule has 0 spiro atoms. The SMILES string of the molecule is Cc1cc(N2CCC(N(C)C(=O)c3ccc4c(c3)C(N(C)C(=O)Nc3ccccc3Cl)CC4)CC2)cc(C)n1. The molecular formula is C31H36ClN5O2. The molecule has 1 fully saturated rings. The van der Waals surface area contributed by atoms with Crippen molar-refractivity contribution >= 4 is 34.9 Å². The van der Waals surface area contributed by atoms with E-state index in [0.29, 0.717) is 16.3 Å². The molecule has 2 aromatic carbocycles. The van der Waals surface area contributed by atoms with Crippen molar-refractivity contribution in [2.24, 2.45) is 0 Å². The van der Waals surface area contributed by atoms with Crippen molar-refractivity contribution in [3.8, 4) is 0 Å². The zero-order valence-electron chi connectivity index (χ0n) is 23.1. The van der Waals surface area contributed by atoms with E-state index in [-0.39, 0.29) is 24.0 Å². The van der Waals surface area contributed by atoms with Crippen LogP contribution >= 0.6 is 11.6 Å². The molecule has 3 amide bonds. The second kappa shape index (κ2) is 11.3. The molecule has 2 aliphatic rings. The van der Waals surface area contributed by atoms with Crippen molar-refractivity contribution in [2.45, 2.75) is 51.6 Å². The van der Waals surface area contributed by atoms with E-state index in [1.807, 2.05) is 56.1 Å².